The van der Waals surface area contributed by atoms with Gasteiger partial charge in [0, 0.05) is 16.6 Å². The van der Waals surface area contributed by atoms with Crippen LogP contribution in [-0.2, 0) is 9.59 Å². The molecule has 2 amide bonds. The van der Waals surface area contributed by atoms with Crippen molar-refractivity contribution in [3.8, 4) is 0 Å². The number of halogens is 1. The quantitative estimate of drug-likeness (QED) is 0.573. The van der Waals surface area contributed by atoms with Crippen molar-refractivity contribution < 1.29 is 14.0 Å². The molecule has 9 heteroatoms. The lowest BCUT2D eigenvalue weighted by Crippen LogP contribution is -2.28. The number of carbonyl (C=O) groups excluding carboxylic acids is 2. The molecule has 1 fully saturated rings. The fraction of sp³-hybridized carbons (Fsp3) is 0.125. The van der Waals surface area contributed by atoms with E-state index >= 15 is 0 Å². The van der Waals surface area contributed by atoms with Crippen LogP contribution in [0.4, 0.5) is 5.69 Å². The number of amides is 2. The first-order valence-corrected chi connectivity index (χ1v) is 8.95. The van der Waals surface area contributed by atoms with Crippen molar-refractivity contribution in [3.05, 3.63) is 52.9 Å². The summed E-state index contributed by atoms with van der Waals surface area (Å²) in [6.45, 7) is 0. The zero-order valence-corrected chi connectivity index (χ0v) is 15.2. The molecule has 2 aromatic rings. The predicted octanol–water partition coefficient (Wildman–Crippen LogP) is 2.99. The third-order valence-electron chi connectivity index (χ3n) is 3.15. The smallest absolute Gasteiger partial charge is 0.240 e. The summed E-state index contributed by atoms with van der Waals surface area (Å²) >= 11 is 4.50. The van der Waals surface area contributed by atoms with Gasteiger partial charge in [0.1, 0.15) is 11.0 Å². The molecule has 1 aliphatic heterocycles. The second-order valence-corrected chi connectivity index (χ2v) is 7.13. The van der Waals surface area contributed by atoms with Gasteiger partial charge in [-0.2, -0.15) is 5.10 Å². The van der Waals surface area contributed by atoms with E-state index in [9.17, 15) is 9.59 Å². The Kier molecular flexibility index (Phi) is 5.67. The van der Waals surface area contributed by atoms with Crippen molar-refractivity contribution in [2.75, 3.05) is 5.32 Å². The third kappa shape index (κ3) is 5.04. The van der Waals surface area contributed by atoms with Gasteiger partial charge in [0.05, 0.1) is 12.5 Å². The number of nitrogens with zero attached hydrogens (tertiary/aromatic N) is 2. The highest BCUT2D eigenvalue weighted by Gasteiger charge is 2.32. The lowest BCUT2D eigenvalue weighted by molar-refractivity contribution is -0.122. The van der Waals surface area contributed by atoms with E-state index in [4.69, 9.17) is 4.42 Å². The number of carbonyl (C=O) groups is 2. The minimum Gasteiger partial charge on any atom is -0.463 e. The topological polar surface area (TPSA) is 96.1 Å². The molecule has 1 unspecified atom stereocenters. The van der Waals surface area contributed by atoms with Gasteiger partial charge in [-0.05, 0) is 36.4 Å². The van der Waals surface area contributed by atoms with E-state index in [1.807, 2.05) is 12.1 Å². The highest BCUT2D eigenvalue weighted by atomic mass is 79.9. The van der Waals surface area contributed by atoms with Gasteiger partial charge in [-0.1, -0.05) is 27.7 Å². The summed E-state index contributed by atoms with van der Waals surface area (Å²) in [5, 5.41) is 13.0. The zero-order valence-electron chi connectivity index (χ0n) is 12.8. The Labute approximate surface area is 156 Å². The molecule has 1 atom stereocenters. The monoisotopic (exact) mass is 420 g/mol. The van der Waals surface area contributed by atoms with Crippen molar-refractivity contribution in [1.29, 1.82) is 0 Å². The maximum Gasteiger partial charge on any atom is 0.240 e. The second kappa shape index (κ2) is 8.13. The Morgan fingerprint density at radius 1 is 1.36 bits per heavy atom. The van der Waals surface area contributed by atoms with Crippen LogP contribution >= 0.6 is 27.7 Å². The maximum atomic E-state index is 12.1. The van der Waals surface area contributed by atoms with Crippen LogP contribution in [0, 0.1) is 0 Å². The van der Waals surface area contributed by atoms with Gasteiger partial charge in [-0.15, -0.1) is 5.10 Å². The molecular weight excluding hydrogens is 408 g/mol. The van der Waals surface area contributed by atoms with Crippen molar-refractivity contribution in [2.45, 2.75) is 11.7 Å². The predicted molar refractivity (Wildman–Crippen MR) is 101 cm³/mol. The number of hydrogen-bond acceptors (Lipinski definition) is 6. The Balaban J connectivity index is 1.53. The molecule has 1 aromatic carbocycles. The highest BCUT2D eigenvalue weighted by Crippen LogP contribution is 2.23. The van der Waals surface area contributed by atoms with Crippen LogP contribution in [0.25, 0.3) is 0 Å². The van der Waals surface area contributed by atoms with Crippen LogP contribution in [-0.4, -0.2) is 28.4 Å². The lowest BCUT2D eigenvalue weighted by atomic mass is 10.2. The van der Waals surface area contributed by atoms with Crippen LogP contribution in [0.1, 0.15) is 12.2 Å². The summed E-state index contributed by atoms with van der Waals surface area (Å²) in [4.78, 5) is 24.0. The number of amidine groups is 1. The number of anilines is 1. The number of nitrogens with one attached hydrogen (secondary N) is 2. The summed E-state index contributed by atoms with van der Waals surface area (Å²) in [6.07, 6.45) is 3.02. The van der Waals surface area contributed by atoms with Crippen molar-refractivity contribution in [2.24, 2.45) is 10.2 Å². The first-order valence-electron chi connectivity index (χ1n) is 7.27. The van der Waals surface area contributed by atoms with Gasteiger partial charge in [0.25, 0.3) is 0 Å². The number of hydrogen-bond donors (Lipinski definition) is 2. The summed E-state index contributed by atoms with van der Waals surface area (Å²) in [6, 6.07) is 10.7. The molecule has 1 aromatic heterocycles. The summed E-state index contributed by atoms with van der Waals surface area (Å²) in [5.41, 5.74) is 0.675. The van der Waals surface area contributed by atoms with Gasteiger partial charge in [0.15, 0.2) is 5.17 Å². The van der Waals surface area contributed by atoms with Crippen molar-refractivity contribution >= 4 is 56.6 Å². The molecule has 1 aliphatic rings. The van der Waals surface area contributed by atoms with Crippen molar-refractivity contribution in [3.63, 3.8) is 0 Å². The first kappa shape index (κ1) is 17.4. The number of benzene rings is 1. The highest BCUT2D eigenvalue weighted by molar-refractivity contribution is 9.10. The maximum absolute atomic E-state index is 12.1. The zero-order chi connectivity index (χ0) is 17.6. The summed E-state index contributed by atoms with van der Waals surface area (Å²) in [5.74, 6) is 0.0577. The van der Waals surface area contributed by atoms with Gasteiger partial charge in [-0.3, -0.25) is 9.59 Å². The van der Waals surface area contributed by atoms with Crippen LogP contribution in [0.3, 0.4) is 0 Å². The van der Waals surface area contributed by atoms with Crippen LogP contribution in [0.2, 0.25) is 0 Å². The Morgan fingerprint density at radius 2 is 2.16 bits per heavy atom. The van der Waals surface area contributed by atoms with E-state index < -0.39 is 5.25 Å². The third-order valence-corrected chi connectivity index (χ3v) is 4.75. The average molecular weight is 421 g/mol. The Morgan fingerprint density at radius 3 is 2.88 bits per heavy atom. The molecule has 0 aliphatic carbocycles. The van der Waals surface area contributed by atoms with E-state index in [2.05, 4.69) is 36.8 Å². The molecule has 0 bridgehead atoms. The fourth-order valence-electron chi connectivity index (χ4n) is 2.00. The fourth-order valence-corrected chi connectivity index (χ4v) is 3.19. The second-order valence-electron chi connectivity index (χ2n) is 5.02. The lowest BCUT2D eigenvalue weighted by Gasteiger charge is -2.07. The number of rotatable bonds is 5. The minimum absolute atomic E-state index is 0.0491. The number of thioether (sulfide) groups is 1. The van der Waals surface area contributed by atoms with Gasteiger partial charge < -0.3 is 15.1 Å². The Bertz CT molecular complexity index is 818. The van der Waals surface area contributed by atoms with Crippen LogP contribution < -0.4 is 10.6 Å². The molecule has 0 radical (unpaired) electrons. The SMILES string of the molecule is O=C(CC1S/C(=N/N=C/c2ccco2)NC1=O)Nc1ccc(Br)cc1. The van der Waals surface area contributed by atoms with E-state index in [-0.39, 0.29) is 18.2 Å². The molecule has 2 N–H and O–H groups in total. The summed E-state index contributed by atoms with van der Waals surface area (Å²) < 4.78 is 6.01. The van der Waals surface area contributed by atoms with E-state index in [0.717, 1.165) is 4.47 Å². The standard InChI is InChI=1S/C16H13BrN4O3S/c17-10-3-5-11(6-4-10)19-14(22)8-13-15(23)20-16(25-13)21-18-9-12-2-1-7-24-12/h1-7,9,13H,8H2,(H,19,22)(H,20,21,23)/b18-9+. The molecule has 3 rings (SSSR count). The van der Waals surface area contributed by atoms with Gasteiger partial charge in [-0.25, -0.2) is 0 Å². The minimum atomic E-state index is -0.534. The molecule has 2 heterocycles. The molecule has 0 saturated carbocycles. The Hall–Kier alpha value is -2.39. The molecular formula is C16H13BrN4O3S. The summed E-state index contributed by atoms with van der Waals surface area (Å²) in [7, 11) is 0. The molecule has 0 spiro atoms. The van der Waals surface area contributed by atoms with E-state index in [1.54, 1.807) is 24.3 Å². The van der Waals surface area contributed by atoms with Crippen LogP contribution in [0.15, 0.2) is 61.8 Å². The number of furan rings is 1. The normalized spacial score (nSPS) is 18.7. The van der Waals surface area contributed by atoms with E-state index in [0.29, 0.717) is 16.6 Å². The van der Waals surface area contributed by atoms with Gasteiger partial charge in [0.2, 0.25) is 11.8 Å². The molecule has 128 valence electrons. The van der Waals surface area contributed by atoms with E-state index in [1.165, 1.54) is 24.2 Å². The average Bonchev–Trinajstić information content (AvgIpc) is 3.20. The molecule has 25 heavy (non-hydrogen) atoms. The largest absolute Gasteiger partial charge is 0.463 e. The first-order chi connectivity index (χ1) is 12.1. The van der Waals surface area contributed by atoms with Gasteiger partial charge >= 0.3 is 0 Å². The molecule has 1 saturated heterocycles. The molecule has 7 nitrogen and oxygen atoms in total. The van der Waals surface area contributed by atoms with Crippen LogP contribution in [0.5, 0.6) is 0 Å². The van der Waals surface area contributed by atoms with Crippen molar-refractivity contribution in [1.82, 2.24) is 5.32 Å².